The van der Waals surface area contributed by atoms with E-state index in [0.717, 1.165) is 11.1 Å². The van der Waals surface area contributed by atoms with Crippen LogP contribution in [0.15, 0.2) is 42.5 Å². The normalized spacial score (nSPS) is 10.2. The molecule has 0 fully saturated rings. The van der Waals surface area contributed by atoms with E-state index in [4.69, 9.17) is 4.74 Å². The van der Waals surface area contributed by atoms with Crippen molar-refractivity contribution in [3.63, 3.8) is 0 Å². The fourth-order valence-electron chi connectivity index (χ4n) is 2.15. The second-order valence-corrected chi connectivity index (χ2v) is 5.78. The zero-order valence-corrected chi connectivity index (χ0v) is 14.6. The molecule has 0 heterocycles. The van der Waals surface area contributed by atoms with Crippen molar-refractivity contribution in [2.45, 2.75) is 27.2 Å². The number of nitrogens with one attached hydrogen (secondary N) is 1. The molecule has 5 nitrogen and oxygen atoms in total. The topological polar surface area (TPSA) is 72.5 Å². The van der Waals surface area contributed by atoms with Crippen molar-refractivity contribution in [2.75, 3.05) is 11.9 Å². The van der Waals surface area contributed by atoms with Gasteiger partial charge in [0.2, 0.25) is 5.91 Å². The van der Waals surface area contributed by atoms with Crippen LogP contribution in [-0.4, -0.2) is 24.3 Å². The van der Waals surface area contributed by atoms with Gasteiger partial charge in [0.25, 0.3) is 0 Å². The molecular weight excluding hydrogens is 318 g/mol. The van der Waals surface area contributed by atoms with Gasteiger partial charge in [-0.2, -0.15) is 0 Å². The molecule has 0 spiro atoms. The molecule has 1 N–H and O–H groups in total. The van der Waals surface area contributed by atoms with Crippen LogP contribution in [-0.2, 0) is 9.53 Å². The molecule has 0 bridgehead atoms. The third kappa shape index (κ3) is 5.01. The molecular formula is C20H21NO4. The maximum absolute atomic E-state index is 12.1. The Morgan fingerprint density at radius 3 is 2.16 bits per heavy atom. The van der Waals surface area contributed by atoms with Gasteiger partial charge in [-0.3, -0.25) is 9.59 Å². The number of amides is 1. The fourth-order valence-corrected chi connectivity index (χ4v) is 2.15. The molecule has 2 aromatic carbocycles. The summed E-state index contributed by atoms with van der Waals surface area (Å²) < 4.78 is 5.09. The lowest BCUT2D eigenvalue weighted by atomic mass is 10.1. The molecule has 25 heavy (non-hydrogen) atoms. The van der Waals surface area contributed by atoms with Gasteiger partial charge in [0.05, 0.1) is 5.56 Å². The minimum Gasteiger partial charge on any atom is -0.454 e. The van der Waals surface area contributed by atoms with Gasteiger partial charge < -0.3 is 10.1 Å². The number of carbonyl (C=O) groups is 3. The molecule has 2 aromatic rings. The number of hydrogen-bond acceptors (Lipinski definition) is 4. The quantitative estimate of drug-likeness (QED) is 0.643. The number of aryl methyl sites for hydroxylation is 2. The lowest BCUT2D eigenvalue weighted by Gasteiger charge is -2.07. The van der Waals surface area contributed by atoms with Crippen molar-refractivity contribution in [3.8, 4) is 0 Å². The second-order valence-electron chi connectivity index (χ2n) is 5.78. The minimum atomic E-state index is -0.525. The zero-order chi connectivity index (χ0) is 18.4. The maximum Gasteiger partial charge on any atom is 0.338 e. The summed E-state index contributed by atoms with van der Waals surface area (Å²) in [6.07, 6.45) is 0.384. The van der Waals surface area contributed by atoms with E-state index in [-0.39, 0.29) is 18.3 Å². The summed E-state index contributed by atoms with van der Waals surface area (Å²) in [4.78, 5) is 35.5. The molecule has 0 radical (unpaired) electrons. The Bertz CT molecular complexity index is 794. The lowest BCUT2D eigenvalue weighted by Crippen LogP contribution is -2.15. The maximum atomic E-state index is 12.1. The Morgan fingerprint density at radius 2 is 1.56 bits per heavy atom. The number of benzene rings is 2. The van der Waals surface area contributed by atoms with E-state index in [0.29, 0.717) is 23.2 Å². The Labute approximate surface area is 147 Å². The molecule has 0 saturated carbocycles. The van der Waals surface area contributed by atoms with Crippen LogP contribution in [0.2, 0.25) is 0 Å². The lowest BCUT2D eigenvalue weighted by molar-refractivity contribution is -0.115. The van der Waals surface area contributed by atoms with E-state index in [1.54, 1.807) is 43.3 Å². The number of anilines is 1. The molecule has 0 aromatic heterocycles. The third-order valence-corrected chi connectivity index (χ3v) is 3.89. The van der Waals surface area contributed by atoms with Gasteiger partial charge in [0.1, 0.15) is 0 Å². The molecule has 0 aliphatic heterocycles. The van der Waals surface area contributed by atoms with Crippen molar-refractivity contribution >= 4 is 23.3 Å². The van der Waals surface area contributed by atoms with Crippen LogP contribution in [0.4, 0.5) is 5.69 Å². The van der Waals surface area contributed by atoms with Gasteiger partial charge in [0, 0.05) is 17.7 Å². The predicted octanol–water partition coefficient (Wildman–Crippen LogP) is 3.69. The predicted molar refractivity (Wildman–Crippen MR) is 95.9 cm³/mol. The minimum absolute atomic E-state index is 0.0959. The standard InChI is InChI=1S/C20H21NO4/c1-4-19(23)21-17-9-7-15(8-10-17)18(22)12-25-20(24)16-6-5-13(2)14(3)11-16/h5-11H,4,12H2,1-3H3,(H,21,23). The number of hydrogen-bond donors (Lipinski definition) is 1. The summed E-state index contributed by atoms with van der Waals surface area (Å²) in [6.45, 7) is 5.31. The van der Waals surface area contributed by atoms with Crippen LogP contribution in [0.1, 0.15) is 45.2 Å². The van der Waals surface area contributed by atoms with Crippen LogP contribution in [0.25, 0.3) is 0 Å². The summed E-state index contributed by atoms with van der Waals surface area (Å²) in [5, 5.41) is 2.70. The van der Waals surface area contributed by atoms with Crippen molar-refractivity contribution in [1.82, 2.24) is 0 Å². The summed E-state index contributed by atoms with van der Waals surface area (Å²) in [5.74, 6) is -0.921. The number of carbonyl (C=O) groups excluding carboxylic acids is 3. The van der Waals surface area contributed by atoms with Crippen LogP contribution < -0.4 is 5.32 Å². The van der Waals surface area contributed by atoms with Gasteiger partial charge in [-0.25, -0.2) is 4.79 Å². The van der Waals surface area contributed by atoms with E-state index >= 15 is 0 Å². The van der Waals surface area contributed by atoms with E-state index in [1.165, 1.54) is 0 Å². The Hall–Kier alpha value is -2.95. The monoisotopic (exact) mass is 339 g/mol. The van der Waals surface area contributed by atoms with Gasteiger partial charge in [-0.15, -0.1) is 0 Å². The van der Waals surface area contributed by atoms with Crippen LogP contribution >= 0.6 is 0 Å². The van der Waals surface area contributed by atoms with Crippen molar-refractivity contribution in [2.24, 2.45) is 0 Å². The van der Waals surface area contributed by atoms with E-state index in [2.05, 4.69) is 5.32 Å². The summed E-state index contributed by atoms with van der Waals surface area (Å²) in [7, 11) is 0. The molecule has 130 valence electrons. The van der Waals surface area contributed by atoms with Crippen LogP contribution in [0.5, 0.6) is 0 Å². The summed E-state index contributed by atoms with van der Waals surface area (Å²) in [5.41, 5.74) is 3.54. The highest BCUT2D eigenvalue weighted by atomic mass is 16.5. The number of Topliss-reactive ketones (excluding diaryl/α,β-unsaturated/α-hetero) is 1. The first-order chi connectivity index (χ1) is 11.9. The Morgan fingerprint density at radius 1 is 0.920 bits per heavy atom. The van der Waals surface area contributed by atoms with Gasteiger partial charge in [-0.1, -0.05) is 13.0 Å². The molecule has 0 atom stereocenters. The largest absolute Gasteiger partial charge is 0.454 e. The van der Waals surface area contributed by atoms with Crippen molar-refractivity contribution < 1.29 is 19.1 Å². The second kappa shape index (κ2) is 8.24. The third-order valence-electron chi connectivity index (χ3n) is 3.89. The van der Waals surface area contributed by atoms with E-state index in [9.17, 15) is 14.4 Å². The smallest absolute Gasteiger partial charge is 0.338 e. The molecule has 0 unspecified atom stereocenters. The SMILES string of the molecule is CCC(=O)Nc1ccc(C(=O)COC(=O)c2ccc(C)c(C)c2)cc1. The first-order valence-corrected chi connectivity index (χ1v) is 8.08. The summed E-state index contributed by atoms with van der Waals surface area (Å²) in [6, 6.07) is 11.7. The highest BCUT2D eigenvalue weighted by Crippen LogP contribution is 2.13. The zero-order valence-electron chi connectivity index (χ0n) is 14.6. The average molecular weight is 339 g/mol. The molecule has 0 aliphatic rings. The first kappa shape index (κ1) is 18.4. The first-order valence-electron chi connectivity index (χ1n) is 8.08. The van der Waals surface area contributed by atoms with Gasteiger partial charge >= 0.3 is 5.97 Å². The number of ether oxygens (including phenoxy) is 1. The molecule has 2 rings (SSSR count). The number of rotatable bonds is 6. The molecule has 1 amide bonds. The average Bonchev–Trinajstić information content (AvgIpc) is 2.62. The van der Waals surface area contributed by atoms with Gasteiger partial charge in [0.15, 0.2) is 12.4 Å². The molecule has 0 saturated heterocycles. The van der Waals surface area contributed by atoms with Crippen molar-refractivity contribution in [3.05, 3.63) is 64.7 Å². The van der Waals surface area contributed by atoms with E-state index in [1.807, 2.05) is 19.9 Å². The molecule has 5 heteroatoms. The number of ketones is 1. The van der Waals surface area contributed by atoms with Crippen molar-refractivity contribution in [1.29, 1.82) is 0 Å². The van der Waals surface area contributed by atoms with Gasteiger partial charge in [-0.05, 0) is 61.4 Å². The Kier molecular flexibility index (Phi) is 6.06. The number of esters is 1. The molecule has 0 aliphatic carbocycles. The van der Waals surface area contributed by atoms with Crippen LogP contribution in [0, 0.1) is 13.8 Å². The highest BCUT2D eigenvalue weighted by molar-refractivity contribution is 6.00. The summed E-state index contributed by atoms with van der Waals surface area (Å²) >= 11 is 0. The highest BCUT2D eigenvalue weighted by Gasteiger charge is 2.12. The Balaban J connectivity index is 1.94. The fraction of sp³-hybridized carbons (Fsp3) is 0.250. The van der Waals surface area contributed by atoms with Crippen LogP contribution in [0.3, 0.4) is 0 Å². The van der Waals surface area contributed by atoms with E-state index < -0.39 is 5.97 Å².